The second-order valence-electron chi connectivity index (χ2n) is 6.43. The van der Waals surface area contributed by atoms with Crippen molar-refractivity contribution in [1.82, 2.24) is 4.90 Å². The normalized spacial score (nSPS) is 11.4. The second-order valence-corrected chi connectivity index (χ2v) is 6.43. The summed E-state index contributed by atoms with van der Waals surface area (Å²) in [6.07, 6.45) is -0.301. The Labute approximate surface area is 128 Å². The molecule has 0 unspecified atom stereocenters. The summed E-state index contributed by atoms with van der Waals surface area (Å²) in [6, 6.07) is 7.94. The van der Waals surface area contributed by atoms with Gasteiger partial charge < -0.3 is 14.4 Å². The highest BCUT2D eigenvalue weighted by molar-refractivity contribution is 5.68. The summed E-state index contributed by atoms with van der Waals surface area (Å²) in [5, 5.41) is 0. The maximum absolute atomic E-state index is 12.1. The van der Waals surface area contributed by atoms with Gasteiger partial charge in [0.25, 0.3) is 0 Å². The van der Waals surface area contributed by atoms with Crippen LogP contribution in [0.5, 0.6) is 5.75 Å². The molecule has 1 amide bonds. The summed E-state index contributed by atoms with van der Waals surface area (Å²) in [5.41, 5.74) is 0.710. The van der Waals surface area contributed by atoms with Crippen LogP contribution in [0.1, 0.15) is 40.2 Å². The van der Waals surface area contributed by atoms with Gasteiger partial charge in [0, 0.05) is 6.04 Å². The fraction of sp³-hybridized carbons (Fsp3) is 0.588. The van der Waals surface area contributed by atoms with E-state index in [0.29, 0.717) is 13.2 Å². The lowest BCUT2D eigenvalue weighted by Crippen LogP contribution is -2.43. The molecular formula is C17H27NO3. The van der Waals surface area contributed by atoms with Crippen LogP contribution >= 0.6 is 0 Å². The lowest BCUT2D eigenvalue weighted by atomic mass is 10.2. The molecule has 4 nitrogen and oxygen atoms in total. The molecule has 0 aliphatic heterocycles. The first kappa shape index (κ1) is 17.3. The number of hydrogen-bond acceptors (Lipinski definition) is 3. The molecule has 0 heterocycles. The molecule has 1 aromatic rings. The van der Waals surface area contributed by atoms with Gasteiger partial charge in [-0.25, -0.2) is 4.79 Å². The Balaban J connectivity index is 2.51. The number of nitrogens with zero attached hydrogens (tertiary/aromatic N) is 1. The summed E-state index contributed by atoms with van der Waals surface area (Å²) in [4.78, 5) is 13.8. The third-order valence-corrected chi connectivity index (χ3v) is 2.87. The number of ether oxygens (including phenoxy) is 2. The van der Waals surface area contributed by atoms with Crippen molar-refractivity contribution in [2.75, 3.05) is 13.2 Å². The van der Waals surface area contributed by atoms with Gasteiger partial charge in [-0.2, -0.15) is 0 Å². The van der Waals surface area contributed by atoms with Gasteiger partial charge in [0.05, 0.1) is 6.54 Å². The second kappa shape index (κ2) is 7.34. The fourth-order valence-electron chi connectivity index (χ4n) is 1.78. The molecule has 0 atom stereocenters. The minimum absolute atomic E-state index is 0.0708. The standard InChI is InChI=1S/C17H27NO3/c1-13(2)18(16(19)21-17(4,5)6)11-12-20-15-9-7-14(3)8-10-15/h7-10,13H,11-12H2,1-6H3. The molecule has 0 fully saturated rings. The van der Waals surface area contributed by atoms with Gasteiger partial charge in [-0.15, -0.1) is 0 Å². The van der Waals surface area contributed by atoms with Crippen LogP contribution in [0.15, 0.2) is 24.3 Å². The van der Waals surface area contributed by atoms with E-state index >= 15 is 0 Å². The van der Waals surface area contributed by atoms with Gasteiger partial charge in [-0.1, -0.05) is 17.7 Å². The van der Waals surface area contributed by atoms with Crippen LogP contribution < -0.4 is 4.74 Å². The van der Waals surface area contributed by atoms with E-state index in [-0.39, 0.29) is 12.1 Å². The Bertz CT molecular complexity index is 446. The highest BCUT2D eigenvalue weighted by Crippen LogP contribution is 2.13. The van der Waals surface area contributed by atoms with Crippen molar-refractivity contribution in [2.24, 2.45) is 0 Å². The number of hydrogen-bond donors (Lipinski definition) is 0. The molecule has 0 bridgehead atoms. The monoisotopic (exact) mass is 293 g/mol. The molecule has 0 saturated heterocycles. The summed E-state index contributed by atoms with van der Waals surface area (Å²) < 4.78 is 11.1. The Morgan fingerprint density at radius 1 is 1.19 bits per heavy atom. The Kier molecular flexibility index (Phi) is 6.06. The van der Waals surface area contributed by atoms with Crippen LogP contribution in [-0.2, 0) is 4.74 Å². The van der Waals surface area contributed by atoms with Crippen LogP contribution in [0.3, 0.4) is 0 Å². The van der Waals surface area contributed by atoms with Crippen molar-refractivity contribution >= 4 is 6.09 Å². The van der Waals surface area contributed by atoms with Crippen LogP contribution in [0.4, 0.5) is 4.79 Å². The zero-order chi connectivity index (χ0) is 16.0. The topological polar surface area (TPSA) is 38.8 Å². The Hall–Kier alpha value is -1.71. The van der Waals surface area contributed by atoms with E-state index in [2.05, 4.69) is 0 Å². The average molecular weight is 293 g/mol. The maximum atomic E-state index is 12.1. The van der Waals surface area contributed by atoms with Gasteiger partial charge in [-0.05, 0) is 53.7 Å². The van der Waals surface area contributed by atoms with Crippen LogP contribution in [0.25, 0.3) is 0 Å². The minimum Gasteiger partial charge on any atom is -0.492 e. The molecule has 0 saturated carbocycles. The first-order chi connectivity index (χ1) is 9.69. The smallest absolute Gasteiger partial charge is 0.410 e. The number of benzene rings is 1. The fourth-order valence-corrected chi connectivity index (χ4v) is 1.78. The van der Waals surface area contributed by atoms with Gasteiger partial charge >= 0.3 is 6.09 Å². The third kappa shape index (κ3) is 6.52. The highest BCUT2D eigenvalue weighted by Gasteiger charge is 2.23. The van der Waals surface area contributed by atoms with Crippen molar-refractivity contribution < 1.29 is 14.3 Å². The SMILES string of the molecule is Cc1ccc(OCCN(C(=O)OC(C)(C)C)C(C)C)cc1. The number of carbonyl (C=O) groups excluding carboxylic acids is 1. The van der Waals surface area contributed by atoms with Gasteiger partial charge in [-0.3, -0.25) is 0 Å². The van der Waals surface area contributed by atoms with Gasteiger partial charge in [0.1, 0.15) is 18.0 Å². The quantitative estimate of drug-likeness (QED) is 0.823. The average Bonchev–Trinajstić information content (AvgIpc) is 2.34. The summed E-state index contributed by atoms with van der Waals surface area (Å²) in [6.45, 7) is 12.5. The van der Waals surface area contributed by atoms with E-state index in [9.17, 15) is 4.79 Å². The number of rotatable bonds is 5. The van der Waals surface area contributed by atoms with Gasteiger partial charge in [0.2, 0.25) is 0 Å². The van der Waals surface area contributed by atoms with Crippen LogP contribution in [0.2, 0.25) is 0 Å². The van der Waals surface area contributed by atoms with Crippen molar-refractivity contribution in [3.8, 4) is 5.75 Å². The molecule has 0 aliphatic carbocycles. The summed E-state index contributed by atoms with van der Waals surface area (Å²) in [7, 11) is 0. The first-order valence-corrected chi connectivity index (χ1v) is 7.38. The number of aryl methyl sites for hydroxylation is 1. The van der Waals surface area contributed by atoms with E-state index in [0.717, 1.165) is 5.75 Å². The number of carbonyl (C=O) groups is 1. The first-order valence-electron chi connectivity index (χ1n) is 7.38. The lowest BCUT2D eigenvalue weighted by Gasteiger charge is -2.30. The van der Waals surface area contributed by atoms with Crippen molar-refractivity contribution in [2.45, 2.75) is 53.2 Å². The molecule has 0 aliphatic rings. The largest absolute Gasteiger partial charge is 0.492 e. The van der Waals surface area contributed by atoms with E-state index in [1.807, 2.05) is 65.8 Å². The third-order valence-electron chi connectivity index (χ3n) is 2.87. The molecule has 118 valence electrons. The molecule has 1 aromatic carbocycles. The zero-order valence-electron chi connectivity index (χ0n) is 14.0. The van der Waals surface area contributed by atoms with E-state index < -0.39 is 5.60 Å². The predicted molar refractivity (Wildman–Crippen MR) is 84.8 cm³/mol. The van der Waals surface area contributed by atoms with Crippen molar-refractivity contribution in [1.29, 1.82) is 0 Å². The lowest BCUT2D eigenvalue weighted by molar-refractivity contribution is 0.0164. The molecule has 0 aromatic heterocycles. The zero-order valence-corrected chi connectivity index (χ0v) is 14.0. The van der Waals surface area contributed by atoms with Crippen molar-refractivity contribution in [3.63, 3.8) is 0 Å². The molecule has 21 heavy (non-hydrogen) atoms. The van der Waals surface area contributed by atoms with Crippen LogP contribution in [-0.4, -0.2) is 35.8 Å². The van der Waals surface area contributed by atoms with Crippen LogP contribution in [0, 0.1) is 6.92 Å². The highest BCUT2D eigenvalue weighted by atomic mass is 16.6. The predicted octanol–water partition coefficient (Wildman–Crippen LogP) is 4.02. The molecule has 0 radical (unpaired) electrons. The molecular weight excluding hydrogens is 266 g/mol. The molecule has 1 rings (SSSR count). The molecule has 0 spiro atoms. The van der Waals surface area contributed by atoms with Crippen molar-refractivity contribution in [3.05, 3.63) is 29.8 Å². The van der Waals surface area contributed by atoms with E-state index in [4.69, 9.17) is 9.47 Å². The maximum Gasteiger partial charge on any atom is 0.410 e. The Morgan fingerprint density at radius 3 is 2.24 bits per heavy atom. The molecule has 0 N–H and O–H groups in total. The van der Waals surface area contributed by atoms with E-state index in [1.54, 1.807) is 4.90 Å². The number of amides is 1. The Morgan fingerprint density at radius 2 is 1.76 bits per heavy atom. The minimum atomic E-state index is -0.484. The summed E-state index contributed by atoms with van der Waals surface area (Å²) in [5.74, 6) is 0.813. The summed E-state index contributed by atoms with van der Waals surface area (Å²) >= 11 is 0. The van der Waals surface area contributed by atoms with E-state index in [1.165, 1.54) is 5.56 Å². The van der Waals surface area contributed by atoms with Gasteiger partial charge in [0.15, 0.2) is 0 Å². The molecule has 4 heteroatoms.